The van der Waals surface area contributed by atoms with E-state index in [4.69, 9.17) is 14.2 Å². The minimum absolute atomic E-state index is 0.245. The number of rotatable bonds is 9. The van der Waals surface area contributed by atoms with Gasteiger partial charge in [0.05, 0.1) is 26.9 Å². The Morgan fingerprint density at radius 1 is 0.966 bits per heavy atom. The van der Waals surface area contributed by atoms with Gasteiger partial charge in [0.2, 0.25) is 0 Å². The number of methoxy groups -OCH3 is 3. The molecule has 0 radical (unpaired) electrons. The highest BCUT2D eigenvalue weighted by molar-refractivity contribution is 5.50. The van der Waals surface area contributed by atoms with Gasteiger partial charge in [0.1, 0.15) is 17.2 Å². The van der Waals surface area contributed by atoms with Gasteiger partial charge in [-0.05, 0) is 25.2 Å². The van der Waals surface area contributed by atoms with E-state index in [9.17, 15) is 5.11 Å². The average Bonchev–Trinajstić information content (AvgIpc) is 2.76. The number of aliphatic hydroxyl groups excluding tert-OH is 1. The molecule has 1 N–H and O–H groups in total. The van der Waals surface area contributed by atoms with Crippen molar-refractivity contribution in [2.24, 2.45) is 5.92 Å². The summed E-state index contributed by atoms with van der Waals surface area (Å²) in [7, 11) is 5.03. The van der Waals surface area contributed by atoms with Crippen LogP contribution in [0.4, 0.5) is 0 Å². The van der Waals surface area contributed by atoms with Crippen LogP contribution in [-0.4, -0.2) is 75.1 Å². The van der Waals surface area contributed by atoms with Crippen molar-refractivity contribution in [1.82, 2.24) is 9.80 Å². The second-order valence-electron chi connectivity index (χ2n) is 8.41. The molecule has 0 amide bonds. The number of piperazine rings is 1. The summed E-state index contributed by atoms with van der Waals surface area (Å²) in [6.45, 7) is 5.25. The number of hydrogen-bond acceptors (Lipinski definition) is 6. The van der Waals surface area contributed by atoms with Gasteiger partial charge in [-0.1, -0.05) is 19.3 Å². The van der Waals surface area contributed by atoms with E-state index in [-0.39, 0.29) is 6.61 Å². The van der Waals surface area contributed by atoms with Crippen LogP contribution in [0.3, 0.4) is 0 Å². The molecule has 2 aliphatic rings. The summed E-state index contributed by atoms with van der Waals surface area (Å²) in [5, 5.41) is 9.64. The second kappa shape index (κ2) is 11.0. The zero-order chi connectivity index (χ0) is 20.6. The Balaban J connectivity index is 1.68. The molecule has 1 aliphatic heterocycles. The molecule has 0 bridgehead atoms. The molecular weight excluding hydrogens is 368 g/mol. The topological polar surface area (TPSA) is 54.4 Å². The van der Waals surface area contributed by atoms with E-state index in [1.807, 2.05) is 12.1 Å². The van der Waals surface area contributed by atoms with E-state index in [1.54, 1.807) is 21.3 Å². The molecule has 2 fully saturated rings. The van der Waals surface area contributed by atoms with Gasteiger partial charge in [-0.15, -0.1) is 0 Å². The summed E-state index contributed by atoms with van der Waals surface area (Å²) >= 11 is 0. The smallest absolute Gasteiger partial charge is 0.130 e. The van der Waals surface area contributed by atoms with Crippen molar-refractivity contribution in [3.8, 4) is 17.2 Å². The normalized spacial score (nSPS) is 21.9. The first-order valence-electron chi connectivity index (χ1n) is 11.0. The van der Waals surface area contributed by atoms with Crippen LogP contribution in [0.2, 0.25) is 0 Å². The Bertz CT molecular complexity index is 608. The molecule has 6 nitrogen and oxygen atoms in total. The number of hydrogen-bond donors (Lipinski definition) is 1. The van der Waals surface area contributed by atoms with Crippen molar-refractivity contribution in [3.05, 3.63) is 17.7 Å². The fourth-order valence-electron chi connectivity index (χ4n) is 4.92. The lowest BCUT2D eigenvalue weighted by Gasteiger charge is -2.43. The predicted octanol–water partition coefficient (Wildman–Crippen LogP) is 3.16. The first kappa shape index (κ1) is 22.2. The minimum atomic E-state index is 0.245. The summed E-state index contributed by atoms with van der Waals surface area (Å²) in [4.78, 5) is 5.09. The molecule has 0 spiro atoms. The minimum Gasteiger partial charge on any atom is -0.496 e. The SMILES string of the molecule is COc1cc(OC)c(CN2CCN(CC3CCCCC3)[C@H](CCO)C2)c(OC)c1. The molecule has 164 valence electrons. The highest BCUT2D eigenvalue weighted by Gasteiger charge is 2.30. The van der Waals surface area contributed by atoms with Gasteiger partial charge in [-0.25, -0.2) is 0 Å². The molecule has 1 saturated carbocycles. The Morgan fingerprint density at radius 2 is 1.66 bits per heavy atom. The molecule has 1 atom stereocenters. The molecule has 1 heterocycles. The number of aliphatic hydroxyl groups is 1. The van der Waals surface area contributed by atoms with Crippen molar-refractivity contribution in [2.45, 2.75) is 51.1 Å². The number of benzene rings is 1. The third-order valence-corrected chi connectivity index (χ3v) is 6.57. The molecule has 6 heteroatoms. The van der Waals surface area contributed by atoms with Crippen LogP contribution in [0.15, 0.2) is 12.1 Å². The average molecular weight is 407 g/mol. The summed E-state index contributed by atoms with van der Waals surface area (Å²) < 4.78 is 16.6. The molecule has 1 saturated heterocycles. The van der Waals surface area contributed by atoms with Gasteiger partial charge in [-0.2, -0.15) is 0 Å². The van der Waals surface area contributed by atoms with E-state index in [1.165, 1.54) is 38.6 Å². The van der Waals surface area contributed by atoms with Gasteiger partial charge in [-0.3, -0.25) is 9.80 Å². The van der Waals surface area contributed by atoms with Gasteiger partial charge >= 0.3 is 0 Å². The van der Waals surface area contributed by atoms with Gasteiger partial charge in [0.15, 0.2) is 0 Å². The lowest BCUT2D eigenvalue weighted by molar-refractivity contribution is 0.0394. The lowest BCUT2D eigenvalue weighted by Crippen LogP contribution is -2.54. The molecular formula is C23H38N2O4. The molecule has 1 aromatic rings. The molecule has 1 aromatic carbocycles. The molecule has 1 aliphatic carbocycles. The van der Waals surface area contributed by atoms with Crippen molar-refractivity contribution >= 4 is 0 Å². The van der Waals surface area contributed by atoms with Crippen LogP contribution in [0.25, 0.3) is 0 Å². The lowest BCUT2D eigenvalue weighted by atomic mass is 9.88. The van der Waals surface area contributed by atoms with Crippen LogP contribution in [0.5, 0.6) is 17.2 Å². The maximum atomic E-state index is 9.64. The van der Waals surface area contributed by atoms with Crippen LogP contribution in [-0.2, 0) is 6.54 Å². The third kappa shape index (κ3) is 5.77. The first-order valence-corrected chi connectivity index (χ1v) is 11.0. The summed E-state index contributed by atoms with van der Waals surface area (Å²) in [5.74, 6) is 3.16. The van der Waals surface area contributed by atoms with E-state index < -0.39 is 0 Å². The van der Waals surface area contributed by atoms with Gasteiger partial charge in [0.25, 0.3) is 0 Å². The van der Waals surface area contributed by atoms with Crippen LogP contribution < -0.4 is 14.2 Å². The van der Waals surface area contributed by atoms with Crippen molar-refractivity contribution in [2.75, 3.05) is 54.1 Å². The molecule has 0 aromatic heterocycles. The van der Waals surface area contributed by atoms with Crippen LogP contribution >= 0.6 is 0 Å². The zero-order valence-corrected chi connectivity index (χ0v) is 18.4. The molecule has 29 heavy (non-hydrogen) atoms. The highest BCUT2D eigenvalue weighted by Crippen LogP contribution is 2.35. The third-order valence-electron chi connectivity index (χ3n) is 6.57. The van der Waals surface area contributed by atoms with Crippen molar-refractivity contribution in [3.63, 3.8) is 0 Å². The second-order valence-corrected chi connectivity index (χ2v) is 8.41. The Hall–Kier alpha value is -1.50. The zero-order valence-electron chi connectivity index (χ0n) is 18.4. The van der Waals surface area contributed by atoms with Crippen LogP contribution in [0, 0.1) is 5.92 Å². The standard InChI is InChI=1S/C23H38N2O4/c1-27-20-13-22(28-2)21(23(14-20)29-3)17-24-10-11-25(19(16-24)9-12-26)15-18-7-5-4-6-8-18/h13-14,18-19,26H,4-12,15-17H2,1-3H3/t19-/m1/s1. The maximum Gasteiger partial charge on any atom is 0.130 e. The van der Waals surface area contributed by atoms with Crippen molar-refractivity contribution < 1.29 is 19.3 Å². The number of nitrogens with zero attached hydrogens (tertiary/aromatic N) is 2. The summed E-state index contributed by atoms with van der Waals surface area (Å²) in [6.07, 6.45) is 7.73. The van der Waals surface area contributed by atoms with Crippen molar-refractivity contribution in [1.29, 1.82) is 0 Å². The van der Waals surface area contributed by atoms with E-state index in [0.717, 1.165) is 61.3 Å². The Morgan fingerprint density at radius 3 is 2.24 bits per heavy atom. The Labute approximate surface area is 175 Å². The maximum absolute atomic E-state index is 9.64. The fraction of sp³-hybridized carbons (Fsp3) is 0.739. The Kier molecular flexibility index (Phi) is 8.45. The van der Waals surface area contributed by atoms with E-state index in [0.29, 0.717) is 6.04 Å². The van der Waals surface area contributed by atoms with E-state index in [2.05, 4.69) is 9.80 Å². The predicted molar refractivity (Wildman–Crippen MR) is 115 cm³/mol. The van der Waals surface area contributed by atoms with Crippen LogP contribution in [0.1, 0.15) is 44.1 Å². The van der Waals surface area contributed by atoms with Gasteiger partial charge < -0.3 is 19.3 Å². The fourth-order valence-corrected chi connectivity index (χ4v) is 4.92. The quantitative estimate of drug-likeness (QED) is 0.680. The summed E-state index contributed by atoms with van der Waals surface area (Å²) in [6, 6.07) is 4.25. The highest BCUT2D eigenvalue weighted by atomic mass is 16.5. The van der Waals surface area contributed by atoms with Gasteiger partial charge in [0, 0.05) is 57.5 Å². The molecule has 3 rings (SSSR count). The largest absolute Gasteiger partial charge is 0.496 e. The number of ether oxygens (including phenoxy) is 3. The van der Waals surface area contributed by atoms with E-state index >= 15 is 0 Å². The molecule has 0 unspecified atom stereocenters. The monoisotopic (exact) mass is 406 g/mol. The summed E-state index contributed by atoms with van der Waals surface area (Å²) in [5.41, 5.74) is 1.05. The first-order chi connectivity index (χ1) is 14.2.